The number of aliphatic imine (C=N–C) groups is 1. The third-order valence-corrected chi connectivity index (χ3v) is 5.77. The summed E-state index contributed by atoms with van der Waals surface area (Å²) >= 11 is 3.81. The Kier molecular flexibility index (Phi) is 6.16. The largest absolute Gasteiger partial charge is 0.357 e. The van der Waals surface area contributed by atoms with E-state index in [1.165, 1.54) is 23.5 Å². The minimum atomic E-state index is 0.659. The fraction of sp³-hybridized carbons (Fsp3) is 0.714. The average molecular weight is 313 g/mol. The lowest BCUT2D eigenvalue weighted by Crippen LogP contribution is -2.40. The molecule has 1 unspecified atom stereocenters. The van der Waals surface area contributed by atoms with Crippen molar-refractivity contribution in [2.45, 2.75) is 45.4 Å². The van der Waals surface area contributed by atoms with Gasteiger partial charge in [0.05, 0.1) is 12.2 Å². The first kappa shape index (κ1) is 15.6. The summed E-state index contributed by atoms with van der Waals surface area (Å²) < 4.78 is 0. The topological polar surface area (TPSA) is 49.3 Å². The molecular formula is C14H24N4S2. The lowest BCUT2D eigenvalue weighted by atomic mass is 10.2. The summed E-state index contributed by atoms with van der Waals surface area (Å²) in [5.74, 6) is 2.21. The second-order valence-electron chi connectivity index (χ2n) is 4.96. The summed E-state index contributed by atoms with van der Waals surface area (Å²) in [6, 6.07) is 0. The summed E-state index contributed by atoms with van der Waals surface area (Å²) in [6.45, 7) is 8.82. The highest BCUT2D eigenvalue weighted by atomic mass is 32.2. The van der Waals surface area contributed by atoms with E-state index in [1.54, 1.807) is 11.3 Å². The first-order valence-electron chi connectivity index (χ1n) is 7.25. The van der Waals surface area contributed by atoms with Gasteiger partial charge in [0, 0.05) is 23.2 Å². The summed E-state index contributed by atoms with van der Waals surface area (Å²) in [4.78, 5) is 10.5. The Morgan fingerprint density at radius 2 is 2.25 bits per heavy atom. The minimum absolute atomic E-state index is 0.659. The standard InChI is InChI=1S/C14H24N4S2/c1-4-15-14(16-8-12-6-5-7-19-12)17-9-13-18-10(2)11(3)20-13/h12H,4-9H2,1-3H3,(H2,15,16,17). The highest BCUT2D eigenvalue weighted by Gasteiger charge is 2.15. The van der Waals surface area contributed by atoms with Gasteiger partial charge < -0.3 is 10.6 Å². The van der Waals surface area contributed by atoms with Gasteiger partial charge in [-0.1, -0.05) is 0 Å². The zero-order valence-electron chi connectivity index (χ0n) is 12.5. The third kappa shape index (κ3) is 4.66. The monoisotopic (exact) mass is 312 g/mol. The van der Waals surface area contributed by atoms with Gasteiger partial charge in [0.2, 0.25) is 0 Å². The summed E-state index contributed by atoms with van der Waals surface area (Å²) in [5, 5.41) is 8.58. The number of hydrogen-bond donors (Lipinski definition) is 2. The Balaban J connectivity index is 1.87. The molecule has 1 atom stereocenters. The van der Waals surface area contributed by atoms with Gasteiger partial charge in [0.1, 0.15) is 5.01 Å². The van der Waals surface area contributed by atoms with Crippen LogP contribution in [0.5, 0.6) is 0 Å². The molecule has 0 radical (unpaired) electrons. The van der Waals surface area contributed by atoms with Crippen molar-refractivity contribution in [3.05, 3.63) is 15.6 Å². The SMILES string of the molecule is CCNC(=NCc1nc(C)c(C)s1)NCC1CCCS1. The first-order valence-corrected chi connectivity index (χ1v) is 9.12. The lowest BCUT2D eigenvalue weighted by Gasteiger charge is -2.14. The first-order chi connectivity index (χ1) is 9.69. The molecule has 2 N–H and O–H groups in total. The van der Waals surface area contributed by atoms with E-state index in [0.29, 0.717) is 6.54 Å². The maximum atomic E-state index is 4.63. The Labute approximate surface area is 129 Å². The van der Waals surface area contributed by atoms with E-state index in [1.807, 2.05) is 0 Å². The van der Waals surface area contributed by atoms with Gasteiger partial charge in [-0.15, -0.1) is 11.3 Å². The van der Waals surface area contributed by atoms with Crippen molar-refractivity contribution in [3.8, 4) is 0 Å². The quantitative estimate of drug-likeness (QED) is 0.648. The number of guanidine groups is 1. The Bertz CT molecular complexity index is 431. The molecule has 2 heterocycles. The van der Waals surface area contributed by atoms with Gasteiger partial charge >= 0.3 is 0 Å². The van der Waals surface area contributed by atoms with Gasteiger partial charge in [-0.25, -0.2) is 9.98 Å². The smallest absolute Gasteiger partial charge is 0.191 e. The predicted molar refractivity (Wildman–Crippen MR) is 89.9 cm³/mol. The van der Waals surface area contributed by atoms with Crippen molar-refractivity contribution in [2.24, 2.45) is 4.99 Å². The van der Waals surface area contributed by atoms with E-state index in [4.69, 9.17) is 0 Å². The second-order valence-corrected chi connectivity index (χ2v) is 7.66. The highest BCUT2D eigenvalue weighted by Crippen LogP contribution is 2.25. The molecule has 2 rings (SSSR count). The fourth-order valence-electron chi connectivity index (χ4n) is 2.11. The van der Waals surface area contributed by atoms with Crippen molar-refractivity contribution in [1.82, 2.24) is 15.6 Å². The molecule has 1 aliphatic rings. The lowest BCUT2D eigenvalue weighted by molar-refractivity contribution is 0.727. The van der Waals surface area contributed by atoms with E-state index >= 15 is 0 Å². The fourth-order valence-corrected chi connectivity index (χ4v) is 4.17. The van der Waals surface area contributed by atoms with E-state index in [2.05, 4.69) is 53.1 Å². The van der Waals surface area contributed by atoms with Crippen LogP contribution < -0.4 is 10.6 Å². The van der Waals surface area contributed by atoms with Gasteiger partial charge in [-0.3, -0.25) is 0 Å². The molecule has 0 aromatic carbocycles. The van der Waals surface area contributed by atoms with Gasteiger partial charge in [-0.05, 0) is 39.4 Å². The second kappa shape index (κ2) is 7.88. The zero-order valence-corrected chi connectivity index (χ0v) is 14.2. The molecule has 112 valence electrons. The number of nitrogens with zero attached hydrogens (tertiary/aromatic N) is 2. The van der Waals surface area contributed by atoms with Crippen LogP contribution in [-0.2, 0) is 6.54 Å². The molecule has 0 bridgehead atoms. The highest BCUT2D eigenvalue weighted by molar-refractivity contribution is 8.00. The van der Waals surface area contributed by atoms with Crippen LogP contribution in [0.4, 0.5) is 0 Å². The van der Waals surface area contributed by atoms with E-state index < -0.39 is 0 Å². The summed E-state index contributed by atoms with van der Waals surface area (Å²) in [7, 11) is 0. The predicted octanol–water partition coefficient (Wildman–Crippen LogP) is 2.71. The van der Waals surface area contributed by atoms with Crippen LogP contribution in [-0.4, -0.2) is 35.0 Å². The van der Waals surface area contributed by atoms with Crippen LogP contribution in [0.25, 0.3) is 0 Å². The molecule has 1 aromatic rings. The number of nitrogens with one attached hydrogen (secondary N) is 2. The van der Waals surface area contributed by atoms with Crippen LogP contribution >= 0.6 is 23.1 Å². The minimum Gasteiger partial charge on any atom is -0.357 e. The molecule has 1 aliphatic heterocycles. The Hall–Kier alpha value is -0.750. The van der Waals surface area contributed by atoms with Gasteiger partial charge in [0.25, 0.3) is 0 Å². The summed E-state index contributed by atoms with van der Waals surface area (Å²) in [6.07, 6.45) is 2.67. The number of hydrogen-bond acceptors (Lipinski definition) is 4. The van der Waals surface area contributed by atoms with Crippen molar-refractivity contribution < 1.29 is 0 Å². The molecule has 0 amide bonds. The molecule has 0 spiro atoms. The molecule has 4 nitrogen and oxygen atoms in total. The number of aromatic nitrogens is 1. The molecule has 0 saturated carbocycles. The molecule has 1 aromatic heterocycles. The van der Waals surface area contributed by atoms with E-state index in [9.17, 15) is 0 Å². The molecule has 1 fully saturated rings. The van der Waals surface area contributed by atoms with Crippen molar-refractivity contribution in [3.63, 3.8) is 0 Å². The van der Waals surface area contributed by atoms with E-state index in [-0.39, 0.29) is 0 Å². The van der Waals surface area contributed by atoms with Crippen molar-refractivity contribution >= 4 is 29.1 Å². The number of rotatable bonds is 5. The molecular weight excluding hydrogens is 288 g/mol. The van der Waals surface area contributed by atoms with Crippen LogP contribution in [0, 0.1) is 13.8 Å². The molecule has 1 saturated heterocycles. The van der Waals surface area contributed by atoms with Gasteiger partial charge in [-0.2, -0.15) is 11.8 Å². The zero-order chi connectivity index (χ0) is 14.4. The van der Waals surface area contributed by atoms with Gasteiger partial charge in [0.15, 0.2) is 5.96 Å². The van der Waals surface area contributed by atoms with Crippen LogP contribution in [0.3, 0.4) is 0 Å². The van der Waals surface area contributed by atoms with E-state index in [0.717, 1.165) is 35.0 Å². The van der Waals surface area contributed by atoms with Crippen molar-refractivity contribution in [2.75, 3.05) is 18.8 Å². The molecule has 0 aliphatic carbocycles. The number of thioether (sulfide) groups is 1. The Morgan fingerprint density at radius 1 is 1.40 bits per heavy atom. The maximum absolute atomic E-state index is 4.63. The maximum Gasteiger partial charge on any atom is 0.191 e. The normalized spacial score (nSPS) is 19.4. The number of aryl methyl sites for hydroxylation is 2. The van der Waals surface area contributed by atoms with Crippen molar-refractivity contribution in [1.29, 1.82) is 0 Å². The summed E-state index contributed by atoms with van der Waals surface area (Å²) in [5.41, 5.74) is 1.13. The van der Waals surface area contributed by atoms with Crippen LogP contribution in [0.1, 0.15) is 35.3 Å². The van der Waals surface area contributed by atoms with Crippen LogP contribution in [0.15, 0.2) is 4.99 Å². The van der Waals surface area contributed by atoms with Crippen LogP contribution in [0.2, 0.25) is 0 Å². The average Bonchev–Trinajstić information content (AvgIpc) is 3.04. The third-order valence-electron chi connectivity index (χ3n) is 3.31. The number of thiazole rings is 1. The molecule has 20 heavy (non-hydrogen) atoms. The Morgan fingerprint density at radius 3 is 2.85 bits per heavy atom. The molecule has 6 heteroatoms.